The van der Waals surface area contributed by atoms with Crippen LogP contribution in [0.1, 0.15) is 0 Å². The van der Waals surface area contributed by atoms with Gasteiger partial charge in [0, 0.05) is 42.8 Å². The maximum atomic E-state index is 2.36. The second-order valence-electron chi connectivity index (χ2n) is 11.8. The predicted molar refractivity (Wildman–Crippen MR) is 200 cm³/mol. The van der Waals surface area contributed by atoms with Crippen molar-refractivity contribution in [1.29, 1.82) is 0 Å². The molecule has 9 aromatic rings. The van der Waals surface area contributed by atoms with E-state index in [1.54, 1.807) is 0 Å². The summed E-state index contributed by atoms with van der Waals surface area (Å²) in [6.45, 7) is 0. The molecule has 0 unspecified atom stereocenters. The van der Waals surface area contributed by atoms with E-state index in [-0.39, 0.29) is 0 Å². The molecule has 0 saturated heterocycles. The molecule has 0 fully saturated rings. The van der Waals surface area contributed by atoms with E-state index in [1.165, 1.54) is 64.0 Å². The van der Waals surface area contributed by atoms with Crippen molar-refractivity contribution in [3.05, 3.63) is 176 Å². The Morgan fingerprint density at radius 1 is 0.370 bits per heavy atom. The summed E-state index contributed by atoms with van der Waals surface area (Å²) in [7, 11) is 0. The van der Waals surface area contributed by atoms with Crippen molar-refractivity contribution in [1.82, 2.24) is 0 Å². The van der Waals surface area contributed by atoms with E-state index < -0.39 is 0 Å². The molecule has 1 nitrogen and oxygen atoms in total. The Balaban J connectivity index is 1.13. The van der Waals surface area contributed by atoms with Crippen LogP contribution in [0.2, 0.25) is 0 Å². The number of para-hydroxylation sites is 1. The summed E-state index contributed by atoms with van der Waals surface area (Å²) in [6.07, 6.45) is 0. The lowest BCUT2D eigenvalue weighted by atomic mass is 9.96. The number of benzene rings is 8. The minimum atomic E-state index is 1.13. The quantitative estimate of drug-likeness (QED) is 0.189. The van der Waals surface area contributed by atoms with Crippen molar-refractivity contribution in [3.63, 3.8) is 0 Å². The van der Waals surface area contributed by atoms with Crippen LogP contribution in [0.15, 0.2) is 176 Å². The van der Waals surface area contributed by atoms with Gasteiger partial charge in [-0.25, -0.2) is 0 Å². The number of hydrogen-bond acceptors (Lipinski definition) is 2. The fourth-order valence-corrected chi connectivity index (χ4v) is 8.03. The van der Waals surface area contributed by atoms with E-state index in [1.807, 2.05) is 11.3 Å². The zero-order valence-corrected chi connectivity index (χ0v) is 25.9. The first-order valence-electron chi connectivity index (χ1n) is 15.7. The van der Waals surface area contributed by atoms with Crippen molar-refractivity contribution < 1.29 is 0 Å². The lowest BCUT2D eigenvalue weighted by Crippen LogP contribution is -2.09. The Hall–Kier alpha value is -5.70. The van der Waals surface area contributed by atoms with Gasteiger partial charge in [-0.2, -0.15) is 0 Å². The molecule has 1 aromatic heterocycles. The number of thiophene rings is 1. The van der Waals surface area contributed by atoms with Crippen LogP contribution in [0.3, 0.4) is 0 Å². The van der Waals surface area contributed by atoms with Crippen LogP contribution in [-0.4, -0.2) is 0 Å². The molecule has 0 atom stereocenters. The number of nitrogens with zero attached hydrogens (tertiary/aromatic N) is 1. The van der Waals surface area contributed by atoms with Crippen molar-refractivity contribution in [2.24, 2.45) is 0 Å². The van der Waals surface area contributed by atoms with Crippen molar-refractivity contribution in [2.45, 2.75) is 0 Å². The zero-order chi connectivity index (χ0) is 30.5. The van der Waals surface area contributed by atoms with E-state index in [0.717, 1.165) is 17.1 Å². The molecule has 0 aliphatic heterocycles. The summed E-state index contributed by atoms with van der Waals surface area (Å²) in [5.41, 5.74) is 8.33. The molecule has 1 heterocycles. The number of fused-ring (bicyclic) bond motifs is 6. The Kier molecular flexibility index (Phi) is 6.40. The van der Waals surface area contributed by atoms with E-state index in [9.17, 15) is 0 Å². The average molecular weight is 604 g/mol. The molecule has 0 aliphatic rings. The third-order valence-electron chi connectivity index (χ3n) is 9.03. The SMILES string of the molecule is c1ccc(N(c2ccc(-c3ccc4ccccc4c3)cc2)c2ccc(-c3cc4ccccc4c4c3sc3ccccc34)cc2)cc1. The maximum absolute atomic E-state index is 2.36. The molecule has 0 saturated carbocycles. The molecule has 8 aromatic carbocycles. The lowest BCUT2D eigenvalue weighted by molar-refractivity contribution is 1.28. The summed E-state index contributed by atoms with van der Waals surface area (Å²) in [4.78, 5) is 2.34. The van der Waals surface area contributed by atoms with Gasteiger partial charge < -0.3 is 4.90 Å². The summed E-state index contributed by atoms with van der Waals surface area (Å²) < 4.78 is 2.67. The molecular weight excluding hydrogens is 575 g/mol. The second-order valence-corrected chi connectivity index (χ2v) is 12.8. The summed E-state index contributed by atoms with van der Waals surface area (Å²) in [5.74, 6) is 0. The molecule has 0 N–H and O–H groups in total. The van der Waals surface area contributed by atoms with Gasteiger partial charge in [0.05, 0.1) is 0 Å². The average Bonchev–Trinajstić information content (AvgIpc) is 3.52. The van der Waals surface area contributed by atoms with Gasteiger partial charge in [-0.15, -0.1) is 11.3 Å². The molecule has 2 heteroatoms. The Morgan fingerprint density at radius 3 is 1.70 bits per heavy atom. The van der Waals surface area contributed by atoms with Gasteiger partial charge in [-0.3, -0.25) is 0 Å². The minimum absolute atomic E-state index is 1.13. The van der Waals surface area contributed by atoms with Crippen LogP contribution in [-0.2, 0) is 0 Å². The van der Waals surface area contributed by atoms with Gasteiger partial charge in [-0.05, 0) is 92.8 Å². The van der Waals surface area contributed by atoms with E-state index in [2.05, 4.69) is 181 Å². The first-order chi connectivity index (χ1) is 22.8. The van der Waals surface area contributed by atoms with Gasteiger partial charge in [0.1, 0.15) is 0 Å². The minimum Gasteiger partial charge on any atom is -0.311 e. The van der Waals surface area contributed by atoms with Crippen molar-refractivity contribution in [3.8, 4) is 22.3 Å². The van der Waals surface area contributed by atoms with Crippen molar-refractivity contribution >= 4 is 70.1 Å². The van der Waals surface area contributed by atoms with Gasteiger partial charge >= 0.3 is 0 Å². The highest BCUT2D eigenvalue weighted by Gasteiger charge is 2.16. The molecule has 0 aliphatic carbocycles. The second kappa shape index (κ2) is 11.0. The lowest BCUT2D eigenvalue weighted by Gasteiger charge is -2.26. The first-order valence-corrected chi connectivity index (χ1v) is 16.5. The van der Waals surface area contributed by atoms with Crippen LogP contribution in [0.5, 0.6) is 0 Å². The molecule has 0 spiro atoms. The third-order valence-corrected chi connectivity index (χ3v) is 10.2. The molecule has 0 amide bonds. The number of rotatable bonds is 5. The standard InChI is InChI=1S/C44H29NS/c1-2-13-36(14-3-1)45(37-24-20-31(21-25-37)34-19-18-30-10-4-5-11-33(30)28-34)38-26-22-32(23-27-38)41-29-35-12-6-7-15-39(35)43-40-16-8-9-17-42(40)46-44(41)43/h1-29H. The van der Waals surface area contributed by atoms with Crippen LogP contribution in [0, 0.1) is 0 Å². The number of anilines is 3. The predicted octanol–water partition coefficient (Wildman–Crippen LogP) is 13.2. The van der Waals surface area contributed by atoms with Gasteiger partial charge in [0.25, 0.3) is 0 Å². The van der Waals surface area contributed by atoms with Gasteiger partial charge in [0.15, 0.2) is 0 Å². The summed E-state index contributed by atoms with van der Waals surface area (Å²) in [6, 6.07) is 63.8. The highest BCUT2D eigenvalue weighted by molar-refractivity contribution is 7.26. The zero-order valence-electron chi connectivity index (χ0n) is 25.1. The van der Waals surface area contributed by atoms with E-state index in [4.69, 9.17) is 0 Å². The first kappa shape index (κ1) is 26.7. The van der Waals surface area contributed by atoms with E-state index in [0.29, 0.717) is 0 Å². The molecule has 46 heavy (non-hydrogen) atoms. The van der Waals surface area contributed by atoms with Gasteiger partial charge in [-0.1, -0.05) is 121 Å². The summed E-state index contributed by atoms with van der Waals surface area (Å²) >= 11 is 1.89. The summed E-state index contributed by atoms with van der Waals surface area (Å²) in [5, 5.41) is 7.80. The normalized spacial score (nSPS) is 11.5. The fourth-order valence-electron chi connectivity index (χ4n) is 6.77. The fraction of sp³-hybridized carbons (Fsp3) is 0. The smallest absolute Gasteiger partial charge is 0.0462 e. The Bertz CT molecular complexity index is 2510. The highest BCUT2D eigenvalue weighted by atomic mass is 32.1. The monoisotopic (exact) mass is 603 g/mol. The largest absolute Gasteiger partial charge is 0.311 e. The third kappa shape index (κ3) is 4.54. The molecule has 9 rings (SSSR count). The van der Waals surface area contributed by atoms with Crippen LogP contribution >= 0.6 is 11.3 Å². The van der Waals surface area contributed by atoms with Crippen LogP contribution in [0.25, 0.3) is 64.0 Å². The van der Waals surface area contributed by atoms with E-state index >= 15 is 0 Å². The molecular formula is C44H29NS. The Labute approximate surface area is 272 Å². The van der Waals surface area contributed by atoms with Crippen LogP contribution < -0.4 is 4.90 Å². The Morgan fingerprint density at radius 2 is 0.935 bits per heavy atom. The number of hydrogen-bond donors (Lipinski definition) is 0. The van der Waals surface area contributed by atoms with Crippen molar-refractivity contribution in [2.75, 3.05) is 4.90 Å². The molecule has 216 valence electrons. The van der Waals surface area contributed by atoms with Crippen LogP contribution in [0.4, 0.5) is 17.1 Å². The molecule has 0 bridgehead atoms. The maximum Gasteiger partial charge on any atom is 0.0462 e. The molecule has 0 radical (unpaired) electrons. The topological polar surface area (TPSA) is 3.24 Å². The van der Waals surface area contributed by atoms with Gasteiger partial charge in [0.2, 0.25) is 0 Å². The highest BCUT2D eigenvalue weighted by Crippen LogP contribution is 2.45.